The van der Waals surface area contributed by atoms with Crippen molar-refractivity contribution >= 4 is 17.9 Å². The third kappa shape index (κ3) is 3.45. The Kier molecular flexibility index (Phi) is 4.65. The lowest BCUT2D eigenvalue weighted by molar-refractivity contribution is 0.0529. The van der Waals surface area contributed by atoms with Crippen molar-refractivity contribution in [3.05, 3.63) is 65.7 Å². The van der Waals surface area contributed by atoms with Crippen molar-refractivity contribution in [3.63, 3.8) is 0 Å². The van der Waals surface area contributed by atoms with Crippen LogP contribution >= 0.6 is 0 Å². The average Bonchev–Trinajstić information content (AvgIpc) is 2.88. The van der Waals surface area contributed by atoms with Gasteiger partial charge in [-0.25, -0.2) is 4.79 Å². The molecule has 7 heteroatoms. The number of carbonyl (C=O) groups excluding carboxylic acids is 2. The number of rotatable bonds is 6. The van der Waals surface area contributed by atoms with Crippen LogP contribution in [-0.4, -0.2) is 47.1 Å². The van der Waals surface area contributed by atoms with Gasteiger partial charge in [0.2, 0.25) is 0 Å². The van der Waals surface area contributed by atoms with Crippen LogP contribution in [0.1, 0.15) is 20.7 Å². The Morgan fingerprint density at radius 3 is 2.12 bits per heavy atom. The van der Waals surface area contributed by atoms with Gasteiger partial charge in [-0.15, -0.1) is 0 Å². The van der Waals surface area contributed by atoms with Gasteiger partial charge in [0.05, 0.1) is 17.2 Å². The minimum absolute atomic E-state index is 0.0181. The number of para-hydroxylation sites is 1. The Bertz CT molecular complexity index is 771. The fraction of sp³-hybridized carbons (Fsp3) is 0.167. The number of ether oxygens (including phenoxy) is 1. The monoisotopic (exact) mass is 340 g/mol. The lowest BCUT2D eigenvalue weighted by atomic mass is 10.1. The third-order valence-corrected chi connectivity index (χ3v) is 3.87. The second-order valence-corrected chi connectivity index (χ2v) is 5.49. The number of carbonyl (C=O) groups is 3. The zero-order valence-corrected chi connectivity index (χ0v) is 13.2. The highest BCUT2D eigenvalue weighted by molar-refractivity contribution is 6.21. The number of hydrogen-bond acceptors (Lipinski definition) is 4. The highest BCUT2D eigenvalue weighted by Gasteiger charge is 2.40. The van der Waals surface area contributed by atoms with E-state index in [1.54, 1.807) is 48.5 Å². The van der Waals surface area contributed by atoms with Gasteiger partial charge in [0.1, 0.15) is 12.4 Å². The molecule has 2 N–H and O–H groups in total. The van der Waals surface area contributed by atoms with Crippen LogP contribution in [0.25, 0.3) is 0 Å². The van der Waals surface area contributed by atoms with Gasteiger partial charge in [-0.1, -0.05) is 30.3 Å². The zero-order valence-electron chi connectivity index (χ0n) is 13.2. The SMILES string of the molecule is O=C(O)NCC(COc1ccccc1)N1C(=O)c2ccccc2C1=O. The van der Waals surface area contributed by atoms with E-state index in [1.165, 1.54) is 0 Å². The van der Waals surface area contributed by atoms with Crippen LogP contribution in [0.4, 0.5) is 4.79 Å². The molecule has 0 aliphatic carbocycles. The van der Waals surface area contributed by atoms with Crippen molar-refractivity contribution in [1.29, 1.82) is 0 Å². The van der Waals surface area contributed by atoms with Gasteiger partial charge in [0, 0.05) is 6.54 Å². The molecule has 0 saturated heterocycles. The minimum atomic E-state index is -1.23. The van der Waals surface area contributed by atoms with Crippen molar-refractivity contribution in [2.75, 3.05) is 13.2 Å². The molecule has 0 bridgehead atoms. The molecule has 128 valence electrons. The van der Waals surface area contributed by atoms with Crippen LogP contribution in [0.5, 0.6) is 5.75 Å². The van der Waals surface area contributed by atoms with Crippen molar-refractivity contribution < 1.29 is 24.2 Å². The summed E-state index contributed by atoms with van der Waals surface area (Å²) in [6.45, 7) is -0.136. The van der Waals surface area contributed by atoms with Crippen molar-refractivity contribution in [1.82, 2.24) is 10.2 Å². The van der Waals surface area contributed by atoms with E-state index in [1.807, 2.05) is 6.07 Å². The maximum absolute atomic E-state index is 12.6. The first-order chi connectivity index (χ1) is 12.1. The van der Waals surface area contributed by atoms with Crippen LogP contribution < -0.4 is 10.1 Å². The largest absolute Gasteiger partial charge is 0.491 e. The molecule has 1 aliphatic heterocycles. The molecule has 2 aromatic carbocycles. The van der Waals surface area contributed by atoms with E-state index in [2.05, 4.69) is 5.32 Å². The molecule has 1 aliphatic rings. The van der Waals surface area contributed by atoms with Crippen LogP contribution in [-0.2, 0) is 0 Å². The van der Waals surface area contributed by atoms with Crippen molar-refractivity contribution in [3.8, 4) is 5.75 Å². The van der Waals surface area contributed by atoms with Crippen LogP contribution in [0, 0.1) is 0 Å². The van der Waals surface area contributed by atoms with E-state index in [-0.39, 0.29) is 13.2 Å². The molecular formula is C18H16N2O5. The molecule has 2 aromatic rings. The smallest absolute Gasteiger partial charge is 0.404 e. The van der Waals surface area contributed by atoms with Gasteiger partial charge in [-0.2, -0.15) is 0 Å². The number of carboxylic acid groups (broad SMARTS) is 1. The summed E-state index contributed by atoms with van der Waals surface area (Å²) in [7, 11) is 0. The van der Waals surface area contributed by atoms with Crippen molar-refractivity contribution in [2.24, 2.45) is 0 Å². The first kappa shape index (κ1) is 16.5. The van der Waals surface area contributed by atoms with Gasteiger partial charge >= 0.3 is 6.09 Å². The Labute approximate surface area is 143 Å². The number of hydrogen-bond donors (Lipinski definition) is 2. The van der Waals surface area contributed by atoms with Crippen LogP contribution in [0.15, 0.2) is 54.6 Å². The molecule has 0 spiro atoms. The Morgan fingerprint density at radius 1 is 1.00 bits per heavy atom. The standard InChI is InChI=1S/C18H16N2O5/c21-16-14-8-4-5-9-15(14)17(22)20(16)12(10-19-18(23)24)11-25-13-6-2-1-3-7-13/h1-9,12,19H,10-11H2,(H,23,24). The van der Waals surface area contributed by atoms with Gasteiger partial charge in [0.25, 0.3) is 11.8 Å². The van der Waals surface area contributed by atoms with E-state index < -0.39 is 23.9 Å². The van der Waals surface area contributed by atoms with E-state index in [9.17, 15) is 14.4 Å². The lowest BCUT2D eigenvalue weighted by Crippen LogP contribution is -2.49. The zero-order chi connectivity index (χ0) is 17.8. The number of fused-ring (bicyclic) bond motifs is 1. The molecule has 1 heterocycles. The van der Waals surface area contributed by atoms with E-state index >= 15 is 0 Å². The van der Waals surface area contributed by atoms with Crippen molar-refractivity contribution in [2.45, 2.75) is 6.04 Å². The lowest BCUT2D eigenvalue weighted by Gasteiger charge is -2.26. The predicted molar refractivity (Wildman–Crippen MR) is 88.7 cm³/mol. The van der Waals surface area contributed by atoms with Gasteiger partial charge in [-0.3, -0.25) is 14.5 Å². The number of imide groups is 1. The van der Waals surface area contributed by atoms with Gasteiger partial charge < -0.3 is 15.2 Å². The molecule has 25 heavy (non-hydrogen) atoms. The summed E-state index contributed by atoms with van der Waals surface area (Å²) in [5, 5.41) is 11.1. The summed E-state index contributed by atoms with van der Waals surface area (Å²) >= 11 is 0. The molecule has 3 rings (SSSR count). The maximum Gasteiger partial charge on any atom is 0.404 e. The first-order valence-electron chi connectivity index (χ1n) is 7.69. The average molecular weight is 340 g/mol. The number of nitrogens with one attached hydrogen (secondary N) is 1. The van der Waals surface area contributed by atoms with E-state index in [0.29, 0.717) is 16.9 Å². The van der Waals surface area contributed by atoms with E-state index in [0.717, 1.165) is 4.90 Å². The molecule has 3 amide bonds. The topological polar surface area (TPSA) is 95.9 Å². The number of benzene rings is 2. The summed E-state index contributed by atoms with van der Waals surface area (Å²) < 4.78 is 5.63. The molecule has 1 atom stereocenters. The summed E-state index contributed by atoms with van der Waals surface area (Å²) in [5.41, 5.74) is 0.625. The summed E-state index contributed by atoms with van der Waals surface area (Å²) in [5.74, 6) is -0.330. The Hall–Kier alpha value is -3.35. The highest BCUT2D eigenvalue weighted by Crippen LogP contribution is 2.24. The molecule has 7 nitrogen and oxygen atoms in total. The molecular weight excluding hydrogens is 324 g/mol. The molecule has 0 fully saturated rings. The second kappa shape index (κ2) is 7.04. The number of amides is 3. The predicted octanol–water partition coefficient (Wildman–Crippen LogP) is 2.00. The minimum Gasteiger partial charge on any atom is -0.491 e. The Morgan fingerprint density at radius 2 is 1.56 bits per heavy atom. The second-order valence-electron chi connectivity index (χ2n) is 5.49. The van der Waals surface area contributed by atoms with Crippen LogP contribution in [0.2, 0.25) is 0 Å². The highest BCUT2D eigenvalue weighted by atomic mass is 16.5. The summed E-state index contributed by atoms with van der Waals surface area (Å²) in [6.07, 6.45) is -1.23. The van der Waals surface area contributed by atoms with Gasteiger partial charge in [-0.05, 0) is 24.3 Å². The molecule has 0 aromatic heterocycles. The third-order valence-electron chi connectivity index (χ3n) is 3.87. The quantitative estimate of drug-likeness (QED) is 0.784. The maximum atomic E-state index is 12.6. The number of nitrogens with zero attached hydrogens (tertiary/aromatic N) is 1. The fourth-order valence-electron chi connectivity index (χ4n) is 2.68. The van der Waals surface area contributed by atoms with E-state index in [4.69, 9.17) is 9.84 Å². The summed E-state index contributed by atoms with van der Waals surface area (Å²) in [4.78, 5) is 37.1. The fourth-order valence-corrected chi connectivity index (χ4v) is 2.68. The molecule has 0 saturated carbocycles. The molecule has 1 unspecified atom stereocenters. The normalized spacial score (nSPS) is 14.2. The Balaban J connectivity index is 1.80. The first-order valence-corrected chi connectivity index (χ1v) is 7.69. The van der Waals surface area contributed by atoms with Gasteiger partial charge in [0.15, 0.2) is 0 Å². The molecule has 0 radical (unpaired) electrons. The van der Waals surface area contributed by atoms with Crippen LogP contribution in [0.3, 0.4) is 0 Å². The summed E-state index contributed by atoms with van der Waals surface area (Å²) in [6, 6.07) is 14.7.